The van der Waals surface area contributed by atoms with Crippen molar-refractivity contribution < 1.29 is 4.74 Å². The molecule has 0 aliphatic carbocycles. The van der Waals surface area contributed by atoms with Gasteiger partial charge in [0.05, 0.1) is 13.2 Å². The number of ether oxygens (including phenoxy) is 1. The van der Waals surface area contributed by atoms with Gasteiger partial charge in [-0.1, -0.05) is 18.2 Å². The molecule has 0 atom stereocenters. The Kier molecular flexibility index (Phi) is 5.83. The lowest BCUT2D eigenvalue weighted by Crippen LogP contribution is -2.37. The van der Waals surface area contributed by atoms with Gasteiger partial charge in [0.1, 0.15) is 0 Å². The lowest BCUT2D eigenvalue weighted by Gasteiger charge is -2.26. The molecule has 1 heterocycles. The molecule has 0 bridgehead atoms. The molecule has 0 aromatic heterocycles. The minimum Gasteiger partial charge on any atom is -0.379 e. The Morgan fingerprint density at radius 1 is 1.21 bits per heavy atom. The Hall–Kier alpha value is -0.900. The van der Waals surface area contributed by atoms with Crippen LogP contribution >= 0.6 is 0 Å². The Morgan fingerprint density at radius 3 is 2.79 bits per heavy atom. The molecule has 1 saturated heterocycles. The number of nitrogens with one attached hydrogen (secondary N) is 1. The predicted molar refractivity (Wildman–Crippen MR) is 79.5 cm³/mol. The van der Waals surface area contributed by atoms with Crippen LogP contribution in [0.3, 0.4) is 0 Å². The van der Waals surface area contributed by atoms with E-state index in [0.29, 0.717) is 0 Å². The quantitative estimate of drug-likeness (QED) is 0.795. The van der Waals surface area contributed by atoms with Gasteiger partial charge in [0, 0.05) is 19.6 Å². The normalized spacial score (nSPS) is 16.7. The Morgan fingerprint density at radius 2 is 2.00 bits per heavy atom. The van der Waals surface area contributed by atoms with Crippen molar-refractivity contribution in [2.45, 2.75) is 26.8 Å². The zero-order chi connectivity index (χ0) is 13.5. The fraction of sp³-hybridized carbons (Fsp3) is 0.625. The Bertz CT molecular complexity index is 386. The number of hydrogen-bond donors (Lipinski definition) is 1. The van der Waals surface area contributed by atoms with Crippen LogP contribution in [0, 0.1) is 13.8 Å². The van der Waals surface area contributed by atoms with Gasteiger partial charge in [0.2, 0.25) is 0 Å². The second kappa shape index (κ2) is 7.63. The summed E-state index contributed by atoms with van der Waals surface area (Å²) in [6.07, 6.45) is 1.21. The second-order valence-corrected chi connectivity index (χ2v) is 5.34. The van der Waals surface area contributed by atoms with Crippen LogP contribution in [0.5, 0.6) is 0 Å². The predicted octanol–water partition coefficient (Wildman–Crippen LogP) is 2.12. The van der Waals surface area contributed by atoms with Crippen molar-refractivity contribution in [3.8, 4) is 0 Å². The zero-order valence-electron chi connectivity index (χ0n) is 12.2. The molecule has 0 spiro atoms. The molecule has 1 N–H and O–H groups in total. The van der Waals surface area contributed by atoms with E-state index in [4.69, 9.17) is 4.74 Å². The van der Waals surface area contributed by atoms with Crippen LogP contribution < -0.4 is 5.32 Å². The maximum atomic E-state index is 5.35. The number of aryl methyl sites for hydroxylation is 1. The van der Waals surface area contributed by atoms with Gasteiger partial charge in [-0.25, -0.2) is 0 Å². The van der Waals surface area contributed by atoms with E-state index in [1.165, 1.54) is 29.7 Å². The molecule has 0 radical (unpaired) electrons. The Balaban J connectivity index is 1.62. The van der Waals surface area contributed by atoms with Crippen LogP contribution in [0.25, 0.3) is 0 Å². The van der Waals surface area contributed by atoms with E-state index < -0.39 is 0 Å². The van der Waals surface area contributed by atoms with Gasteiger partial charge in [-0.05, 0) is 50.0 Å². The van der Waals surface area contributed by atoms with Gasteiger partial charge in [0.25, 0.3) is 0 Å². The number of morpholine rings is 1. The summed E-state index contributed by atoms with van der Waals surface area (Å²) in [5.41, 5.74) is 4.22. The Labute approximate surface area is 116 Å². The lowest BCUT2D eigenvalue weighted by molar-refractivity contribution is 0.0374. The van der Waals surface area contributed by atoms with Crippen molar-refractivity contribution in [2.75, 3.05) is 39.4 Å². The summed E-state index contributed by atoms with van der Waals surface area (Å²) < 4.78 is 5.35. The summed E-state index contributed by atoms with van der Waals surface area (Å²) in [4.78, 5) is 2.49. The third-order valence-electron chi connectivity index (χ3n) is 3.96. The minimum absolute atomic E-state index is 0.899. The maximum absolute atomic E-state index is 5.35. The van der Waals surface area contributed by atoms with Crippen LogP contribution in [0.4, 0.5) is 0 Å². The highest BCUT2D eigenvalue weighted by Crippen LogP contribution is 2.12. The first-order valence-electron chi connectivity index (χ1n) is 7.33. The molecule has 1 fully saturated rings. The van der Waals surface area contributed by atoms with Gasteiger partial charge in [0.15, 0.2) is 0 Å². The van der Waals surface area contributed by atoms with E-state index in [9.17, 15) is 0 Å². The van der Waals surface area contributed by atoms with Gasteiger partial charge >= 0.3 is 0 Å². The van der Waals surface area contributed by atoms with Crippen molar-refractivity contribution in [1.82, 2.24) is 10.2 Å². The minimum atomic E-state index is 0.899. The van der Waals surface area contributed by atoms with Crippen LogP contribution in [-0.4, -0.2) is 44.3 Å². The first-order valence-corrected chi connectivity index (χ1v) is 7.33. The monoisotopic (exact) mass is 262 g/mol. The number of nitrogens with zero attached hydrogens (tertiary/aromatic N) is 1. The molecule has 106 valence electrons. The highest BCUT2D eigenvalue weighted by atomic mass is 16.5. The van der Waals surface area contributed by atoms with E-state index in [1.54, 1.807) is 0 Å². The van der Waals surface area contributed by atoms with Gasteiger partial charge in [-0.3, -0.25) is 4.90 Å². The SMILES string of the molecule is Cc1cccc(CNCCCN2CCOCC2)c1C. The summed E-state index contributed by atoms with van der Waals surface area (Å²) in [7, 11) is 0. The average Bonchev–Trinajstić information content (AvgIpc) is 2.44. The standard InChI is InChI=1S/C16H26N2O/c1-14-5-3-6-16(15(14)2)13-17-7-4-8-18-9-11-19-12-10-18/h3,5-6,17H,4,7-13H2,1-2H3. The van der Waals surface area contributed by atoms with Crippen molar-refractivity contribution in [3.05, 3.63) is 34.9 Å². The van der Waals surface area contributed by atoms with Gasteiger partial charge in [-0.2, -0.15) is 0 Å². The molecule has 3 heteroatoms. The smallest absolute Gasteiger partial charge is 0.0594 e. The fourth-order valence-corrected chi connectivity index (χ4v) is 2.48. The number of benzene rings is 1. The van der Waals surface area contributed by atoms with Crippen LogP contribution in [-0.2, 0) is 11.3 Å². The summed E-state index contributed by atoms with van der Waals surface area (Å²) in [6.45, 7) is 11.6. The maximum Gasteiger partial charge on any atom is 0.0594 e. The molecule has 2 rings (SSSR count). The van der Waals surface area contributed by atoms with E-state index in [-0.39, 0.29) is 0 Å². The van der Waals surface area contributed by atoms with Crippen molar-refractivity contribution in [3.63, 3.8) is 0 Å². The molecule has 0 unspecified atom stereocenters. The molecule has 1 aromatic rings. The third-order valence-corrected chi connectivity index (χ3v) is 3.96. The largest absolute Gasteiger partial charge is 0.379 e. The zero-order valence-corrected chi connectivity index (χ0v) is 12.2. The second-order valence-electron chi connectivity index (χ2n) is 5.34. The molecule has 0 saturated carbocycles. The molecular weight excluding hydrogens is 236 g/mol. The average molecular weight is 262 g/mol. The highest BCUT2D eigenvalue weighted by Gasteiger charge is 2.08. The summed E-state index contributed by atoms with van der Waals surface area (Å²) in [5.74, 6) is 0. The van der Waals surface area contributed by atoms with Crippen molar-refractivity contribution in [1.29, 1.82) is 0 Å². The summed E-state index contributed by atoms with van der Waals surface area (Å²) >= 11 is 0. The van der Waals surface area contributed by atoms with E-state index in [2.05, 4.69) is 42.3 Å². The number of hydrogen-bond acceptors (Lipinski definition) is 3. The topological polar surface area (TPSA) is 24.5 Å². The van der Waals surface area contributed by atoms with Crippen LogP contribution in [0.15, 0.2) is 18.2 Å². The molecular formula is C16H26N2O. The van der Waals surface area contributed by atoms with Crippen molar-refractivity contribution in [2.24, 2.45) is 0 Å². The number of rotatable bonds is 6. The molecule has 19 heavy (non-hydrogen) atoms. The van der Waals surface area contributed by atoms with Crippen molar-refractivity contribution >= 4 is 0 Å². The summed E-state index contributed by atoms with van der Waals surface area (Å²) in [5, 5.41) is 3.55. The lowest BCUT2D eigenvalue weighted by atomic mass is 10.0. The van der Waals surface area contributed by atoms with Crippen LogP contribution in [0.1, 0.15) is 23.1 Å². The molecule has 1 aromatic carbocycles. The van der Waals surface area contributed by atoms with E-state index >= 15 is 0 Å². The van der Waals surface area contributed by atoms with Gasteiger partial charge < -0.3 is 10.1 Å². The fourth-order valence-electron chi connectivity index (χ4n) is 2.48. The third kappa shape index (κ3) is 4.60. The first-order chi connectivity index (χ1) is 9.27. The highest BCUT2D eigenvalue weighted by molar-refractivity contribution is 5.32. The van der Waals surface area contributed by atoms with Gasteiger partial charge in [-0.15, -0.1) is 0 Å². The van der Waals surface area contributed by atoms with Crippen LogP contribution in [0.2, 0.25) is 0 Å². The summed E-state index contributed by atoms with van der Waals surface area (Å²) in [6, 6.07) is 6.54. The molecule has 0 amide bonds. The molecule has 3 nitrogen and oxygen atoms in total. The molecule has 1 aliphatic rings. The first kappa shape index (κ1) is 14.5. The molecule has 1 aliphatic heterocycles. The van der Waals surface area contributed by atoms with E-state index in [0.717, 1.165) is 39.4 Å². The van der Waals surface area contributed by atoms with E-state index in [1.807, 2.05) is 0 Å².